The highest BCUT2D eigenvalue weighted by Crippen LogP contribution is 2.67. The molecule has 0 unspecified atom stereocenters. The number of rotatable bonds is 3. The molecule has 1 heteroatoms. The van der Waals surface area contributed by atoms with E-state index < -0.39 is 0 Å². The van der Waals surface area contributed by atoms with Crippen molar-refractivity contribution in [3.63, 3.8) is 0 Å². The minimum absolute atomic E-state index is 0.129. The Morgan fingerprint density at radius 1 is 0.429 bits per heavy atom. The minimum Gasteiger partial charge on any atom is -0.301 e. The number of fused-ring (bicyclic) bond motifs is 5. The van der Waals surface area contributed by atoms with Gasteiger partial charge in [-0.15, -0.1) is 0 Å². The fraction of sp³-hybridized carbons (Fsp3) is 0.118. The number of hydrogen-bond acceptors (Lipinski definition) is 1. The van der Waals surface area contributed by atoms with Crippen LogP contribution in [0.3, 0.4) is 0 Å². The Bertz CT molecular complexity index is 1430. The van der Waals surface area contributed by atoms with Gasteiger partial charge >= 0.3 is 0 Å². The summed E-state index contributed by atoms with van der Waals surface area (Å²) in [7, 11) is 0. The topological polar surface area (TPSA) is 12.0 Å². The maximum absolute atomic E-state index is 4.19. The van der Waals surface area contributed by atoms with E-state index in [1.54, 1.807) is 0 Å². The van der Waals surface area contributed by atoms with Gasteiger partial charge in [-0.05, 0) is 38.9 Å². The molecule has 1 saturated heterocycles. The molecule has 1 N–H and O–H groups in total. The van der Waals surface area contributed by atoms with Crippen LogP contribution in [0.5, 0.6) is 0 Å². The van der Waals surface area contributed by atoms with Gasteiger partial charge in [0.2, 0.25) is 0 Å². The fourth-order valence-electron chi connectivity index (χ4n) is 6.87. The molecular weight excluding hydrogens is 422 g/mol. The maximum atomic E-state index is 4.19. The highest BCUT2D eigenvalue weighted by molar-refractivity contribution is 5.83. The van der Waals surface area contributed by atoms with Gasteiger partial charge < -0.3 is 5.32 Å². The van der Waals surface area contributed by atoms with E-state index in [-0.39, 0.29) is 23.4 Å². The van der Waals surface area contributed by atoms with Crippen LogP contribution in [0.2, 0.25) is 0 Å². The molecule has 0 radical (unpaired) electrons. The summed E-state index contributed by atoms with van der Waals surface area (Å²) in [4.78, 5) is 0. The monoisotopic (exact) mass is 449 g/mol. The van der Waals surface area contributed by atoms with Crippen LogP contribution in [0.4, 0.5) is 0 Å². The van der Waals surface area contributed by atoms with Crippen molar-refractivity contribution in [3.05, 3.63) is 167 Å². The maximum Gasteiger partial charge on any atom is 0.0496 e. The molecule has 0 aromatic heterocycles. The first-order valence-electron chi connectivity index (χ1n) is 12.5. The smallest absolute Gasteiger partial charge is 0.0496 e. The Hall–Kier alpha value is -3.94. The molecule has 1 aliphatic carbocycles. The van der Waals surface area contributed by atoms with Crippen LogP contribution in [0.1, 0.15) is 45.8 Å². The van der Waals surface area contributed by atoms with Crippen LogP contribution in [0.25, 0.3) is 11.1 Å². The van der Waals surface area contributed by atoms with E-state index in [1.165, 1.54) is 38.9 Å². The third-order valence-electron chi connectivity index (χ3n) is 8.11. The molecule has 0 amide bonds. The lowest BCUT2D eigenvalue weighted by molar-refractivity contribution is 0.420. The molecule has 168 valence electrons. The Morgan fingerprint density at radius 2 is 0.857 bits per heavy atom. The predicted molar refractivity (Wildman–Crippen MR) is 143 cm³/mol. The first kappa shape index (κ1) is 20.4. The summed E-state index contributed by atoms with van der Waals surface area (Å²) in [5.41, 5.74) is 9.37. The molecule has 0 saturated carbocycles. The summed E-state index contributed by atoms with van der Waals surface area (Å²) in [6.45, 7) is 0. The SMILES string of the molecule is c1ccc([C@H]2N[C@@H](c3ccccc3)[C@H](c3ccccc3)C23c2ccccc2-c2ccccc23)cc1. The third-order valence-corrected chi connectivity index (χ3v) is 8.11. The van der Waals surface area contributed by atoms with Crippen LogP contribution in [0, 0.1) is 0 Å². The lowest BCUT2D eigenvalue weighted by Gasteiger charge is -2.40. The summed E-state index contributed by atoms with van der Waals surface area (Å²) in [5.74, 6) is 0.223. The second-order valence-corrected chi connectivity index (χ2v) is 9.75. The number of nitrogens with one attached hydrogen (secondary N) is 1. The largest absolute Gasteiger partial charge is 0.301 e. The summed E-state index contributed by atoms with van der Waals surface area (Å²) in [5, 5.41) is 4.19. The highest BCUT2D eigenvalue weighted by Gasteiger charge is 2.61. The first-order valence-corrected chi connectivity index (χ1v) is 12.5. The van der Waals surface area contributed by atoms with Gasteiger partial charge in [0.25, 0.3) is 0 Å². The molecule has 2 aliphatic rings. The second kappa shape index (κ2) is 8.08. The van der Waals surface area contributed by atoms with Crippen molar-refractivity contribution >= 4 is 0 Å². The Labute approximate surface area is 207 Å². The zero-order chi connectivity index (χ0) is 23.2. The lowest BCUT2D eigenvalue weighted by Crippen LogP contribution is -2.36. The van der Waals surface area contributed by atoms with Gasteiger partial charge in [0.05, 0.1) is 0 Å². The van der Waals surface area contributed by atoms with E-state index in [1.807, 2.05) is 0 Å². The summed E-state index contributed by atoms with van der Waals surface area (Å²) in [6.07, 6.45) is 0. The van der Waals surface area contributed by atoms with Crippen LogP contribution in [-0.4, -0.2) is 0 Å². The van der Waals surface area contributed by atoms with E-state index in [2.05, 4.69) is 145 Å². The van der Waals surface area contributed by atoms with Gasteiger partial charge in [-0.1, -0.05) is 140 Å². The molecular formula is C34H27N. The molecule has 1 aliphatic heterocycles. The summed E-state index contributed by atoms with van der Waals surface area (Å²) >= 11 is 0. The Kier molecular flexibility index (Phi) is 4.72. The Balaban J connectivity index is 1.60. The summed E-state index contributed by atoms with van der Waals surface area (Å²) < 4.78 is 0. The van der Waals surface area contributed by atoms with E-state index in [9.17, 15) is 0 Å². The van der Waals surface area contributed by atoms with Crippen molar-refractivity contribution < 1.29 is 0 Å². The molecule has 1 spiro atoms. The predicted octanol–water partition coefficient (Wildman–Crippen LogP) is 7.82. The van der Waals surface area contributed by atoms with Gasteiger partial charge in [0.15, 0.2) is 0 Å². The molecule has 1 fully saturated rings. The number of hydrogen-bond donors (Lipinski definition) is 1. The zero-order valence-corrected chi connectivity index (χ0v) is 19.5. The quantitative estimate of drug-likeness (QED) is 0.296. The van der Waals surface area contributed by atoms with Gasteiger partial charge in [0.1, 0.15) is 0 Å². The van der Waals surface area contributed by atoms with E-state index in [0.29, 0.717) is 0 Å². The lowest BCUT2D eigenvalue weighted by atomic mass is 9.61. The molecule has 1 heterocycles. The molecule has 0 bridgehead atoms. The molecule has 1 nitrogen and oxygen atoms in total. The molecule has 3 atom stereocenters. The van der Waals surface area contributed by atoms with Crippen molar-refractivity contribution in [1.82, 2.24) is 5.32 Å². The number of benzene rings is 5. The van der Waals surface area contributed by atoms with Crippen LogP contribution >= 0.6 is 0 Å². The molecule has 35 heavy (non-hydrogen) atoms. The van der Waals surface area contributed by atoms with Crippen molar-refractivity contribution in [2.24, 2.45) is 0 Å². The molecule has 5 aromatic carbocycles. The standard InChI is InChI=1S/C34H27N/c1-4-14-24(15-5-1)31-32(25-16-6-2-7-17-25)35-33(26-18-8-3-9-19-26)34(31)29-22-12-10-20-27(29)28-21-11-13-23-30(28)34/h1-23,31-33,35H/t31-,32-,33+/m0/s1. The third kappa shape index (κ3) is 2.92. The first-order chi connectivity index (χ1) is 17.4. The van der Waals surface area contributed by atoms with Gasteiger partial charge in [-0.2, -0.15) is 0 Å². The fourth-order valence-corrected chi connectivity index (χ4v) is 6.87. The minimum atomic E-state index is -0.240. The normalized spacial score (nSPS) is 21.5. The second-order valence-electron chi connectivity index (χ2n) is 9.75. The van der Waals surface area contributed by atoms with Crippen LogP contribution in [0.15, 0.2) is 140 Å². The molecule has 5 aromatic rings. The van der Waals surface area contributed by atoms with Crippen LogP contribution < -0.4 is 5.32 Å². The summed E-state index contributed by atoms with van der Waals surface area (Å²) in [6, 6.07) is 51.6. The van der Waals surface area contributed by atoms with Crippen molar-refractivity contribution in [2.75, 3.05) is 0 Å². The van der Waals surface area contributed by atoms with Gasteiger partial charge in [0, 0.05) is 23.4 Å². The average molecular weight is 450 g/mol. The van der Waals surface area contributed by atoms with Gasteiger partial charge in [-0.3, -0.25) is 0 Å². The van der Waals surface area contributed by atoms with E-state index in [0.717, 1.165) is 0 Å². The van der Waals surface area contributed by atoms with Gasteiger partial charge in [-0.25, -0.2) is 0 Å². The molecule has 7 rings (SSSR count). The average Bonchev–Trinajstić information content (AvgIpc) is 3.45. The van der Waals surface area contributed by atoms with Crippen molar-refractivity contribution in [3.8, 4) is 11.1 Å². The van der Waals surface area contributed by atoms with E-state index >= 15 is 0 Å². The van der Waals surface area contributed by atoms with Crippen molar-refractivity contribution in [2.45, 2.75) is 23.4 Å². The zero-order valence-electron chi connectivity index (χ0n) is 19.5. The highest BCUT2D eigenvalue weighted by atomic mass is 15.1. The Morgan fingerprint density at radius 3 is 1.40 bits per heavy atom. The van der Waals surface area contributed by atoms with Crippen molar-refractivity contribution in [1.29, 1.82) is 0 Å². The van der Waals surface area contributed by atoms with E-state index in [4.69, 9.17) is 0 Å². The van der Waals surface area contributed by atoms with Crippen LogP contribution in [-0.2, 0) is 5.41 Å².